The second-order valence-electron chi connectivity index (χ2n) is 3.79. The third-order valence-electron chi connectivity index (χ3n) is 2.51. The van der Waals surface area contributed by atoms with Crippen LogP contribution in [0, 0.1) is 11.8 Å². The van der Waals surface area contributed by atoms with Gasteiger partial charge in [-0.3, -0.25) is 4.79 Å². The van der Waals surface area contributed by atoms with Crippen LogP contribution in [0.1, 0.15) is 13.3 Å². The lowest BCUT2D eigenvalue weighted by molar-refractivity contribution is -0.117. The molecule has 3 nitrogen and oxygen atoms in total. The minimum absolute atomic E-state index is 0.0355. The number of pyridine rings is 1. The van der Waals surface area contributed by atoms with Crippen LogP contribution in [0.4, 0.5) is 5.82 Å². The Balaban J connectivity index is 2.04. The van der Waals surface area contributed by atoms with Gasteiger partial charge in [0.15, 0.2) is 0 Å². The maximum atomic E-state index is 11.6. The van der Waals surface area contributed by atoms with Crippen molar-refractivity contribution in [3.05, 3.63) is 21.8 Å². The summed E-state index contributed by atoms with van der Waals surface area (Å²) in [6.07, 6.45) is 2.55. The molecule has 1 amide bonds. The number of hydrogen-bond donors (Lipinski definition) is 1. The normalized spacial score (nSPS) is 23.7. The van der Waals surface area contributed by atoms with Crippen molar-refractivity contribution in [2.24, 2.45) is 11.8 Å². The molecule has 1 N–H and O–H groups in total. The van der Waals surface area contributed by atoms with Gasteiger partial charge in [0.2, 0.25) is 5.91 Å². The minimum atomic E-state index is 0.0355. The van der Waals surface area contributed by atoms with Crippen LogP contribution in [0.5, 0.6) is 0 Å². The Morgan fingerprint density at radius 3 is 2.93 bits per heavy atom. The quantitative estimate of drug-likeness (QED) is 0.909. The van der Waals surface area contributed by atoms with Crippen molar-refractivity contribution in [3.8, 4) is 0 Å². The summed E-state index contributed by atoms with van der Waals surface area (Å²) in [4.78, 5) is 15.6. The minimum Gasteiger partial charge on any atom is -0.310 e. The molecule has 5 heteroatoms. The monoisotopic (exact) mass is 288 g/mol. The third kappa shape index (κ3) is 2.49. The molecule has 2 rings (SSSR count). The maximum Gasteiger partial charge on any atom is 0.228 e. The first-order valence-corrected chi connectivity index (χ1v) is 5.87. The number of carbonyl (C=O) groups excluding carboxylic acids is 1. The van der Waals surface area contributed by atoms with Crippen LogP contribution >= 0.6 is 27.5 Å². The Morgan fingerprint density at radius 2 is 2.40 bits per heavy atom. The van der Waals surface area contributed by atoms with Gasteiger partial charge in [0.05, 0.1) is 9.50 Å². The second kappa shape index (κ2) is 4.10. The number of carbonyl (C=O) groups is 1. The van der Waals surface area contributed by atoms with E-state index < -0.39 is 0 Å². The summed E-state index contributed by atoms with van der Waals surface area (Å²) in [6, 6.07) is 1.64. The van der Waals surface area contributed by atoms with Gasteiger partial charge >= 0.3 is 0 Å². The summed E-state index contributed by atoms with van der Waals surface area (Å²) in [5.74, 6) is 1.19. The molecule has 1 saturated carbocycles. The van der Waals surface area contributed by atoms with Gasteiger partial charge in [-0.25, -0.2) is 4.98 Å². The van der Waals surface area contributed by atoms with Crippen molar-refractivity contribution in [1.29, 1.82) is 0 Å². The van der Waals surface area contributed by atoms with Crippen LogP contribution in [-0.4, -0.2) is 10.9 Å². The van der Waals surface area contributed by atoms with E-state index in [1.54, 1.807) is 12.3 Å². The van der Waals surface area contributed by atoms with E-state index in [0.717, 1.165) is 10.9 Å². The third-order valence-corrected chi connectivity index (χ3v) is 3.68. The Kier molecular flexibility index (Phi) is 2.98. The van der Waals surface area contributed by atoms with E-state index >= 15 is 0 Å². The van der Waals surface area contributed by atoms with Gasteiger partial charge in [-0.1, -0.05) is 18.5 Å². The lowest BCUT2D eigenvalue weighted by Crippen LogP contribution is -2.15. The van der Waals surface area contributed by atoms with Gasteiger partial charge in [0.1, 0.15) is 5.82 Å². The van der Waals surface area contributed by atoms with Crippen LogP contribution < -0.4 is 5.32 Å². The molecule has 2 unspecified atom stereocenters. The zero-order chi connectivity index (χ0) is 11.0. The van der Waals surface area contributed by atoms with E-state index in [2.05, 4.69) is 33.2 Å². The van der Waals surface area contributed by atoms with Crippen molar-refractivity contribution in [2.45, 2.75) is 13.3 Å². The summed E-state index contributed by atoms with van der Waals surface area (Å²) < 4.78 is 0.724. The highest BCUT2D eigenvalue weighted by Gasteiger charge is 2.39. The topological polar surface area (TPSA) is 42.0 Å². The second-order valence-corrected chi connectivity index (χ2v) is 5.05. The fourth-order valence-electron chi connectivity index (χ4n) is 1.39. The number of amides is 1. The standard InChI is InChI=1S/C10H10BrClN2O/c1-5-2-6(5)10(15)14-9-3-8(12)7(11)4-13-9/h3-6H,2H2,1H3,(H,13,14,15). The SMILES string of the molecule is CC1CC1C(=O)Nc1cc(Cl)c(Br)cn1. The smallest absolute Gasteiger partial charge is 0.228 e. The number of nitrogens with zero attached hydrogens (tertiary/aromatic N) is 1. The van der Waals surface area contributed by atoms with Crippen LogP contribution in [0.2, 0.25) is 5.02 Å². The summed E-state index contributed by atoms with van der Waals surface area (Å²) in [5.41, 5.74) is 0. The molecule has 1 aliphatic rings. The molecule has 0 aliphatic heterocycles. The van der Waals surface area contributed by atoms with E-state index in [1.807, 2.05) is 0 Å². The molecule has 2 atom stereocenters. The van der Waals surface area contributed by atoms with Gasteiger partial charge in [-0.05, 0) is 28.3 Å². The van der Waals surface area contributed by atoms with Crippen molar-refractivity contribution in [2.75, 3.05) is 5.32 Å². The molecule has 0 radical (unpaired) electrons. The molecule has 0 saturated heterocycles. The van der Waals surface area contributed by atoms with Crippen molar-refractivity contribution in [1.82, 2.24) is 4.98 Å². The van der Waals surface area contributed by atoms with Crippen LogP contribution in [0.15, 0.2) is 16.7 Å². The molecule has 80 valence electrons. The van der Waals surface area contributed by atoms with Crippen LogP contribution in [0.3, 0.4) is 0 Å². The van der Waals surface area contributed by atoms with Crippen molar-refractivity contribution >= 4 is 39.3 Å². The van der Waals surface area contributed by atoms with E-state index in [1.165, 1.54) is 0 Å². The lowest BCUT2D eigenvalue weighted by Gasteiger charge is -2.04. The molecule has 1 aromatic rings. The molecular weight excluding hydrogens is 279 g/mol. The Labute approximate surface area is 101 Å². The van der Waals surface area contributed by atoms with E-state index in [4.69, 9.17) is 11.6 Å². The summed E-state index contributed by atoms with van der Waals surface area (Å²) in [7, 11) is 0. The summed E-state index contributed by atoms with van der Waals surface area (Å²) >= 11 is 9.12. The molecule has 0 bridgehead atoms. The zero-order valence-corrected chi connectivity index (χ0v) is 10.5. The largest absolute Gasteiger partial charge is 0.310 e. The number of anilines is 1. The van der Waals surface area contributed by atoms with E-state index in [-0.39, 0.29) is 11.8 Å². The maximum absolute atomic E-state index is 11.6. The Hall–Kier alpha value is -0.610. The number of hydrogen-bond acceptors (Lipinski definition) is 2. The molecule has 1 heterocycles. The Bertz CT molecular complexity index is 410. The molecule has 1 fully saturated rings. The molecule has 0 spiro atoms. The number of rotatable bonds is 2. The summed E-state index contributed by atoms with van der Waals surface area (Å²) in [5, 5.41) is 3.29. The van der Waals surface area contributed by atoms with Crippen LogP contribution in [0.25, 0.3) is 0 Å². The van der Waals surface area contributed by atoms with Gasteiger partial charge in [-0.2, -0.15) is 0 Å². The molecule has 1 aliphatic carbocycles. The first-order valence-electron chi connectivity index (χ1n) is 4.70. The highest BCUT2D eigenvalue weighted by atomic mass is 79.9. The molecule has 15 heavy (non-hydrogen) atoms. The van der Waals surface area contributed by atoms with Crippen molar-refractivity contribution in [3.63, 3.8) is 0 Å². The zero-order valence-electron chi connectivity index (χ0n) is 8.13. The van der Waals surface area contributed by atoms with Gasteiger partial charge in [0, 0.05) is 18.2 Å². The molecule has 0 aromatic carbocycles. The number of halogens is 2. The van der Waals surface area contributed by atoms with Gasteiger partial charge in [-0.15, -0.1) is 0 Å². The average molecular weight is 290 g/mol. The fourth-order valence-corrected chi connectivity index (χ4v) is 1.76. The fraction of sp³-hybridized carbons (Fsp3) is 0.400. The molecular formula is C10H10BrClN2O. The average Bonchev–Trinajstić information content (AvgIpc) is 2.89. The first kappa shape index (κ1) is 10.9. The summed E-state index contributed by atoms with van der Waals surface area (Å²) in [6.45, 7) is 2.06. The molecule has 1 aromatic heterocycles. The number of aromatic nitrogens is 1. The van der Waals surface area contributed by atoms with Crippen molar-refractivity contribution < 1.29 is 4.79 Å². The predicted octanol–water partition coefficient (Wildman–Crippen LogP) is 3.09. The number of nitrogens with one attached hydrogen (secondary N) is 1. The highest BCUT2D eigenvalue weighted by Crippen LogP contribution is 2.38. The predicted molar refractivity (Wildman–Crippen MR) is 62.8 cm³/mol. The Morgan fingerprint density at radius 1 is 1.73 bits per heavy atom. The van der Waals surface area contributed by atoms with E-state index in [9.17, 15) is 4.79 Å². The highest BCUT2D eigenvalue weighted by molar-refractivity contribution is 9.10. The first-order chi connectivity index (χ1) is 7.08. The lowest BCUT2D eigenvalue weighted by atomic mass is 10.3. The van der Waals surface area contributed by atoms with Gasteiger partial charge < -0.3 is 5.32 Å². The van der Waals surface area contributed by atoms with E-state index in [0.29, 0.717) is 16.8 Å². The van der Waals surface area contributed by atoms with Crippen LogP contribution in [-0.2, 0) is 4.79 Å². The van der Waals surface area contributed by atoms with Gasteiger partial charge in [0.25, 0.3) is 0 Å².